The first kappa shape index (κ1) is 26.3. The molecule has 11 nitrogen and oxygen atoms in total. The summed E-state index contributed by atoms with van der Waals surface area (Å²) in [7, 11) is 3.25. The van der Waals surface area contributed by atoms with Crippen molar-refractivity contribution in [2.45, 2.75) is 86.5 Å². The Labute approximate surface area is 203 Å². The zero-order valence-electron chi connectivity index (χ0n) is 19.9. The zero-order chi connectivity index (χ0) is 25.5. The van der Waals surface area contributed by atoms with Crippen molar-refractivity contribution in [1.29, 1.82) is 0 Å². The van der Waals surface area contributed by atoms with Gasteiger partial charge in [0.2, 0.25) is 18.0 Å². The van der Waals surface area contributed by atoms with Gasteiger partial charge in [-0.25, -0.2) is 4.39 Å². The summed E-state index contributed by atoms with van der Waals surface area (Å²) in [5.74, 6) is -2.92. The van der Waals surface area contributed by atoms with Crippen LogP contribution in [0.2, 0.25) is 0 Å². The van der Waals surface area contributed by atoms with Crippen LogP contribution in [-0.4, -0.2) is 96.0 Å². The molecule has 2 heterocycles. The van der Waals surface area contributed by atoms with Crippen molar-refractivity contribution in [3.63, 3.8) is 0 Å². The van der Waals surface area contributed by atoms with Crippen LogP contribution in [0.1, 0.15) is 31.4 Å². The van der Waals surface area contributed by atoms with E-state index in [1.54, 1.807) is 21.0 Å². The molecule has 3 fully saturated rings. The predicted molar refractivity (Wildman–Crippen MR) is 121 cm³/mol. The summed E-state index contributed by atoms with van der Waals surface area (Å²) in [6.45, 7) is 1.77. The quantitative estimate of drug-likeness (QED) is 0.238. The number of aliphatic hydroxyl groups is 3. The Kier molecular flexibility index (Phi) is 7.77. The molecule has 0 bridgehead atoms. The second-order valence-electron chi connectivity index (χ2n) is 9.54. The van der Waals surface area contributed by atoms with Crippen LogP contribution in [0.4, 0.5) is 4.39 Å². The van der Waals surface area contributed by atoms with Crippen molar-refractivity contribution in [1.82, 2.24) is 16.0 Å². The van der Waals surface area contributed by atoms with Crippen molar-refractivity contribution >= 4 is 5.91 Å². The largest absolute Gasteiger partial charge is 0.390 e. The molecule has 8 N–H and O–H groups in total. The number of likely N-dealkylation sites (N-methyl/N-ethyl adjacent to an activating group) is 2. The summed E-state index contributed by atoms with van der Waals surface area (Å²) >= 11 is 0. The highest BCUT2D eigenvalue weighted by atomic mass is 19.1. The number of carbonyl (C=O) groups is 1. The summed E-state index contributed by atoms with van der Waals surface area (Å²) in [5, 5.41) is 41.8. The van der Waals surface area contributed by atoms with Crippen LogP contribution < -0.4 is 21.7 Å². The number of ether oxygens (including phenoxy) is 3. The minimum absolute atomic E-state index is 0.106. The Morgan fingerprint density at radius 3 is 2.43 bits per heavy atom. The van der Waals surface area contributed by atoms with Crippen LogP contribution >= 0.6 is 0 Å². The van der Waals surface area contributed by atoms with Gasteiger partial charge in [0.1, 0.15) is 24.1 Å². The zero-order valence-corrected chi connectivity index (χ0v) is 19.9. The average molecular weight is 499 g/mol. The molecule has 12 heteroatoms. The van der Waals surface area contributed by atoms with Crippen LogP contribution in [0.5, 0.6) is 0 Å². The van der Waals surface area contributed by atoms with Crippen LogP contribution in [0.3, 0.4) is 0 Å². The van der Waals surface area contributed by atoms with E-state index in [1.807, 2.05) is 0 Å². The number of aliphatic hydroxyl groups excluding tert-OH is 2. The van der Waals surface area contributed by atoms with Gasteiger partial charge >= 0.3 is 0 Å². The number of carbonyl (C=O) groups excluding carboxylic acids is 1. The lowest BCUT2D eigenvalue weighted by Gasteiger charge is -2.58. The van der Waals surface area contributed by atoms with E-state index in [9.17, 15) is 24.5 Å². The molecule has 3 unspecified atom stereocenters. The van der Waals surface area contributed by atoms with Crippen LogP contribution in [-0.2, 0) is 19.0 Å². The smallest absolute Gasteiger partial charge is 0.239 e. The molecular weight excluding hydrogens is 463 g/mol. The molecule has 1 saturated carbocycles. The molecule has 2 aliphatic heterocycles. The Bertz CT molecular complexity index is 895. The van der Waals surface area contributed by atoms with Crippen LogP contribution in [0.25, 0.3) is 0 Å². The van der Waals surface area contributed by atoms with Crippen molar-refractivity contribution in [3.05, 3.63) is 35.6 Å². The second-order valence-corrected chi connectivity index (χ2v) is 9.54. The van der Waals surface area contributed by atoms with Gasteiger partial charge in [0, 0.05) is 12.5 Å². The van der Waals surface area contributed by atoms with E-state index >= 15 is 0 Å². The fraction of sp³-hybridized carbons (Fsp3) is 0.696. The fourth-order valence-electron chi connectivity index (χ4n) is 5.30. The number of benzene rings is 1. The van der Waals surface area contributed by atoms with E-state index in [-0.39, 0.29) is 12.8 Å². The Morgan fingerprint density at radius 2 is 1.80 bits per heavy atom. The monoisotopic (exact) mass is 498 g/mol. The standard InChI is InChI=1S/C23H35FN4O7/c1-10-8-14(28-15(29)9-13(25)11-4-6-12(24)7-5-11)23(32)22(33-10)34-21-19(31)16(26-2)18(30)17(27-3)20(21)35-23/h4-7,10,13-14,16-22,26-27,30-32H,8-9,25H2,1-3H3,(H,28,29)/t10-,13-,14-,16-,17+,18+,19-,20?,21?,22?,23+/m1/s1. The number of rotatable bonds is 6. The maximum Gasteiger partial charge on any atom is 0.239 e. The second kappa shape index (κ2) is 10.3. The van der Waals surface area contributed by atoms with E-state index in [0.29, 0.717) is 5.56 Å². The number of amides is 1. The highest BCUT2D eigenvalue weighted by Gasteiger charge is 2.63. The average Bonchev–Trinajstić information content (AvgIpc) is 2.80. The summed E-state index contributed by atoms with van der Waals surface area (Å²) in [6.07, 6.45) is -5.61. The third kappa shape index (κ3) is 4.95. The molecule has 11 atom stereocenters. The van der Waals surface area contributed by atoms with E-state index in [1.165, 1.54) is 24.3 Å². The number of hydrogen-bond acceptors (Lipinski definition) is 10. The number of nitrogens with two attached hydrogens (primary N) is 1. The van der Waals surface area contributed by atoms with Gasteiger partial charge in [0.05, 0.1) is 30.3 Å². The third-order valence-corrected chi connectivity index (χ3v) is 7.19. The first-order chi connectivity index (χ1) is 16.6. The van der Waals surface area contributed by atoms with Gasteiger partial charge in [-0.15, -0.1) is 0 Å². The van der Waals surface area contributed by atoms with Crippen molar-refractivity contribution in [2.24, 2.45) is 5.73 Å². The topological polar surface area (TPSA) is 168 Å². The summed E-state index contributed by atoms with van der Waals surface area (Å²) in [4.78, 5) is 12.9. The van der Waals surface area contributed by atoms with Crippen LogP contribution in [0.15, 0.2) is 24.3 Å². The summed E-state index contributed by atoms with van der Waals surface area (Å²) < 4.78 is 31.1. The summed E-state index contributed by atoms with van der Waals surface area (Å²) in [5.41, 5.74) is 6.72. The Balaban J connectivity index is 1.51. The minimum Gasteiger partial charge on any atom is -0.390 e. The number of halogens is 1. The maximum absolute atomic E-state index is 13.2. The number of nitrogens with one attached hydrogen (secondary N) is 3. The fourth-order valence-corrected chi connectivity index (χ4v) is 5.30. The highest BCUT2D eigenvalue weighted by molar-refractivity contribution is 5.77. The normalized spacial score (nSPS) is 42.0. The molecular formula is C23H35FN4O7. The lowest BCUT2D eigenvalue weighted by molar-refractivity contribution is -0.449. The van der Waals surface area contributed by atoms with Gasteiger partial charge in [-0.05, 0) is 45.1 Å². The molecule has 1 aliphatic carbocycles. The Hall–Kier alpha value is -1.74. The molecule has 1 aromatic carbocycles. The lowest BCUT2D eigenvalue weighted by atomic mass is 9.79. The van der Waals surface area contributed by atoms with E-state index in [0.717, 1.165) is 0 Å². The molecule has 0 aromatic heterocycles. The van der Waals surface area contributed by atoms with Gasteiger partial charge in [0.15, 0.2) is 0 Å². The molecule has 0 spiro atoms. The van der Waals surface area contributed by atoms with Gasteiger partial charge in [-0.3, -0.25) is 4.79 Å². The van der Waals surface area contributed by atoms with Crippen molar-refractivity contribution in [2.75, 3.05) is 14.1 Å². The SMILES string of the molecule is CN[C@@H]1[C@H](O)[C@H](NC)C2O[C@]3(O)C(OC2[C@@H]1O)O[C@H](C)C[C@H]3NC(=O)C[C@@H](N)c1ccc(F)cc1. The van der Waals surface area contributed by atoms with Crippen molar-refractivity contribution < 1.29 is 38.7 Å². The first-order valence-electron chi connectivity index (χ1n) is 11.8. The van der Waals surface area contributed by atoms with Gasteiger partial charge in [-0.2, -0.15) is 0 Å². The summed E-state index contributed by atoms with van der Waals surface area (Å²) in [6, 6.07) is 2.59. The first-order valence-corrected chi connectivity index (χ1v) is 11.8. The van der Waals surface area contributed by atoms with Gasteiger partial charge in [-0.1, -0.05) is 12.1 Å². The molecule has 1 amide bonds. The van der Waals surface area contributed by atoms with E-state index in [4.69, 9.17) is 19.9 Å². The predicted octanol–water partition coefficient (Wildman–Crippen LogP) is -1.78. The number of hydrogen-bond donors (Lipinski definition) is 7. The molecule has 2 saturated heterocycles. The maximum atomic E-state index is 13.2. The number of fused-ring (bicyclic) bond motifs is 2. The van der Waals surface area contributed by atoms with E-state index < -0.39 is 78.5 Å². The highest BCUT2D eigenvalue weighted by Crippen LogP contribution is 2.42. The van der Waals surface area contributed by atoms with Crippen LogP contribution in [0, 0.1) is 5.82 Å². The molecule has 0 radical (unpaired) electrons. The molecule has 4 rings (SSSR count). The third-order valence-electron chi connectivity index (χ3n) is 7.19. The lowest BCUT2D eigenvalue weighted by Crippen LogP contribution is -2.79. The van der Waals surface area contributed by atoms with Crippen molar-refractivity contribution in [3.8, 4) is 0 Å². The molecule has 3 aliphatic rings. The van der Waals surface area contributed by atoms with E-state index in [2.05, 4.69) is 16.0 Å². The van der Waals surface area contributed by atoms with Gasteiger partial charge < -0.3 is 51.2 Å². The molecule has 196 valence electrons. The minimum atomic E-state index is -2.08. The molecule has 35 heavy (non-hydrogen) atoms. The van der Waals surface area contributed by atoms with Gasteiger partial charge in [0.25, 0.3) is 0 Å². The molecule has 1 aromatic rings. The Morgan fingerprint density at radius 1 is 1.14 bits per heavy atom.